The first-order valence-electron chi connectivity index (χ1n) is 14.2. The Labute approximate surface area is 237 Å². The van der Waals surface area contributed by atoms with Crippen molar-refractivity contribution in [2.75, 3.05) is 51.6 Å². The number of rotatable bonds is 7. The zero-order chi connectivity index (χ0) is 27.3. The monoisotopic (exact) mass is 547 g/mol. The van der Waals surface area contributed by atoms with E-state index in [-0.39, 0.29) is 23.8 Å². The molecule has 1 N–H and O–H groups in total. The van der Waals surface area contributed by atoms with E-state index in [9.17, 15) is 9.59 Å². The van der Waals surface area contributed by atoms with Crippen LogP contribution in [-0.2, 0) is 21.7 Å². The average molecular weight is 548 g/mol. The first kappa shape index (κ1) is 27.7. The number of nitrogens with one attached hydrogen (secondary N) is 1. The zero-order valence-corrected chi connectivity index (χ0v) is 24.1. The maximum absolute atomic E-state index is 14.4. The Kier molecular flexibility index (Phi) is 8.62. The van der Waals surface area contributed by atoms with Crippen LogP contribution in [0.15, 0.2) is 65.7 Å². The van der Waals surface area contributed by atoms with Gasteiger partial charge in [-0.2, -0.15) is 0 Å². The van der Waals surface area contributed by atoms with Gasteiger partial charge in [-0.25, -0.2) is 0 Å². The van der Waals surface area contributed by atoms with Crippen LogP contribution in [0.3, 0.4) is 0 Å². The highest BCUT2D eigenvalue weighted by Crippen LogP contribution is 2.38. The second kappa shape index (κ2) is 12.1. The first-order valence-corrected chi connectivity index (χ1v) is 15.2. The van der Waals surface area contributed by atoms with Crippen LogP contribution in [0.4, 0.5) is 0 Å². The summed E-state index contributed by atoms with van der Waals surface area (Å²) in [6.07, 6.45) is 3.64. The van der Waals surface area contributed by atoms with Crippen LogP contribution < -0.4 is 5.32 Å². The lowest BCUT2D eigenvalue weighted by Crippen LogP contribution is -2.64. The van der Waals surface area contributed by atoms with E-state index >= 15 is 0 Å². The van der Waals surface area contributed by atoms with Gasteiger partial charge in [-0.05, 0) is 37.1 Å². The fourth-order valence-electron chi connectivity index (χ4n) is 5.92. The molecule has 3 aliphatic heterocycles. The van der Waals surface area contributed by atoms with Crippen molar-refractivity contribution in [2.45, 2.75) is 45.2 Å². The quantitative estimate of drug-likeness (QED) is 0.569. The molecule has 0 spiro atoms. The highest BCUT2D eigenvalue weighted by atomic mass is 32.2. The summed E-state index contributed by atoms with van der Waals surface area (Å²) in [5.74, 6) is 0.262. The van der Waals surface area contributed by atoms with Gasteiger partial charge >= 0.3 is 0 Å². The van der Waals surface area contributed by atoms with Gasteiger partial charge in [0.2, 0.25) is 5.91 Å². The highest BCUT2D eigenvalue weighted by Gasteiger charge is 2.50. The SMILES string of the molecule is CC1(C)CN=C2SCC(C(=O)NCc3ccccc3)(c3ccccc3)N(CCN3CCCCC3)C(=O)CN2C1. The lowest BCUT2D eigenvalue weighted by Gasteiger charge is -2.48. The smallest absolute Gasteiger partial charge is 0.251 e. The summed E-state index contributed by atoms with van der Waals surface area (Å²) in [5, 5.41) is 4.09. The van der Waals surface area contributed by atoms with Gasteiger partial charge in [0.1, 0.15) is 0 Å². The van der Waals surface area contributed by atoms with Gasteiger partial charge in [0.05, 0.1) is 6.54 Å². The summed E-state index contributed by atoms with van der Waals surface area (Å²) in [6.45, 7) is 9.91. The van der Waals surface area contributed by atoms with Crippen molar-refractivity contribution in [2.24, 2.45) is 10.4 Å². The van der Waals surface area contributed by atoms with Crippen LogP contribution in [0.25, 0.3) is 0 Å². The summed E-state index contributed by atoms with van der Waals surface area (Å²) in [6, 6.07) is 19.8. The minimum atomic E-state index is -1.14. The highest BCUT2D eigenvalue weighted by molar-refractivity contribution is 8.13. The van der Waals surface area contributed by atoms with E-state index in [1.54, 1.807) is 11.8 Å². The van der Waals surface area contributed by atoms with Crippen molar-refractivity contribution in [3.63, 3.8) is 0 Å². The molecule has 2 fully saturated rings. The van der Waals surface area contributed by atoms with Crippen molar-refractivity contribution in [3.8, 4) is 0 Å². The molecule has 2 amide bonds. The van der Waals surface area contributed by atoms with E-state index in [1.165, 1.54) is 19.3 Å². The predicted octanol–water partition coefficient (Wildman–Crippen LogP) is 3.96. The molecule has 7 nitrogen and oxygen atoms in total. The molecule has 0 radical (unpaired) electrons. The number of hydrogen-bond donors (Lipinski definition) is 1. The summed E-state index contributed by atoms with van der Waals surface area (Å²) in [7, 11) is 0. The number of likely N-dealkylation sites (tertiary alicyclic amines) is 1. The number of thioether (sulfide) groups is 1. The molecule has 2 aromatic carbocycles. The molecule has 208 valence electrons. The van der Waals surface area contributed by atoms with Gasteiger partial charge in [-0.1, -0.05) is 92.7 Å². The van der Waals surface area contributed by atoms with Crippen LogP contribution in [0.1, 0.15) is 44.2 Å². The number of hydrogen-bond acceptors (Lipinski definition) is 6. The number of carbonyl (C=O) groups excluding carboxylic acids is 2. The Morgan fingerprint density at radius 2 is 1.67 bits per heavy atom. The minimum absolute atomic E-state index is 0.00570. The number of amides is 2. The number of amidine groups is 1. The Balaban J connectivity index is 1.52. The van der Waals surface area contributed by atoms with E-state index in [1.807, 2.05) is 65.6 Å². The fourth-order valence-corrected chi connectivity index (χ4v) is 7.18. The van der Waals surface area contributed by atoms with Crippen LogP contribution in [0.5, 0.6) is 0 Å². The largest absolute Gasteiger partial charge is 0.350 e. The summed E-state index contributed by atoms with van der Waals surface area (Å²) in [4.78, 5) is 40.1. The molecule has 8 heteroatoms. The van der Waals surface area contributed by atoms with Crippen LogP contribution in [-0.4, -0.2) is 83.2 Å². The van der Waals surface area contributed by atoms with E-state index in [0.29, 0.717) is 18.8 Å². The summed E-state index contributed by atoms with van der Waals surface area (Å²) < 4.78 is 0. The number of aliphatic imine (C=N–C) groups is 1. The maximum atomic E-state index is 14.4. The van der Waals surface area contributed by atoms with Crippen LogP contribution >= 0.6 is 11.8 Å². The lowest BCUT2D eigenvalue weighted by atomic mass is 9.87. The molecule has 2 saturated heterocycles. The molecule has 3 heterocycles. The van der Waals surface area contributed by atoms with Gasteiger partial charge in [-0.15, -0.1) is 0 Å². The van der Waals surface area contributed by atoms with Crippen molar-refractivity contribution in [1.82, 2.24) is 20.0 Å². The molecule has 3 aliphatic rings. The number of fused-ring (bicyclic) bond motifs is 1. The van der Waals surface area contributed by atoms with Gasteiger partial charge in [-0.3, -0.25) is 14.6 Å². The molecule has 1 unspecified atom stereocenters. The Morgan fingerprint density at radius 3 is 2.38 bits per heavy atom. The third-order valence-electron chi connectivity index (χ3n) is 8.04. The van der Waals surface area contributed by atoms with E-state index in [4.69, 9.17) is 4.99 Å². The molecule has 0 bridgehead atoms. The van der Waals surface area contributed by atoms with Crippen molar-refractivity contribution in [3.05, 3.63) is 71.8 Å². The van der Waals surface area contributed by atoms with Gasteiger partial charge in [0, 0.05) is 43.9 Å². The Hall–Kier alpha value is -2.84. The average Bonchev–Trinajstić information content (AvgIpc) is 2.95. The zero-order valence-electron chi connectivity index (χ0n) is 23.3. The number of carbonyl (C=O) groups is 2. The Morgan fingerprint density at radius 1 is 0.974 bits per heavy atom. The molecule has 5 rings (SSSR count). The van der Waals surface area contributed by atoms with E-state index in [0.717, 1.165) is 49.0 Å². The predicted molar refractivity (Wildman–Crippen MR) is 159 cm³/mol. The summed E-state index contributed by atoms with van der Waals surface area (Å²) in [5.41, 5.74) is 0.741. The second-order valence-electron chi connectivity index (χ2n) is 11.8. The van der Waals surface area contributed by atoms with Crippen LogP contribution in [0.2, 0.25) is 0 Å². The lowest BCUT2D eigenvalue weighted by molar-refractivity contribution is -0.148. The molecular weight excluding hydrogens is 506 g/mol. The maximum Gasteiger partial charge on any atom is 0.251 e. The molecule has 0 saturated carbocycles. The molecule has 39 heavy (non-hydrogen) atoms. The van der Waals surface area contributed by atoms with Crippen molar-refractivity contribution >= 4 is 28.7 Å². The molecule has 1 atom stereocenters. The number of benzene rings is 2. The normalized spacial score (nSPS) is 23.8. The van der Waals surface area contributed by atoms with Gasteiger partial charge in [0.25, 0.3) is 5.91 Å². The summed E-state index contributed by atoms with van der Waals surface area (Å²) >= 11 is 1.61. The molecular formula is C31H41N5O2S. The van der Waals surface area contributed by atoms with Gasteiger partial charge < -0.3 is 20.0 Å². The third-order valence-corrected chi connectivity index (χ3v) is 9.25. The van der Waals surface area contributed by atoms with Gasteiger partial charge in [0.15, 0.2) is 10.7 Å². The molecule has 0 aromatic heterocycles. The van der Waals surface area contributed by atoms with E-state index in [2.05, 4.69) is 29.0 Å². The standard InChI is InChI=1S/C31H41N5O2S/c1-30(2)22-33-29-35(23-30)21-27(37)36(19-18-34-16-10-5-11-17-34)31(24-39-29,26-14-8-4-9-15-26)28(38)32-20-25-12-6-3-7-13-25/h3-4,6-9,12-15H,5,10-11,16-24H2,1-2H3,(H,32,38). The topological polar surface area (TPSA) is 68.2 Å². The number of nitrogens with zero attached hydrogens (tertiary/aromatic N) is 4. The van der Waals surface area contributed by atoms with Crippen LogP contribution in [0, 0.1) is 5.41 Å². The minimum Gasteiger partial charge on any atom is -0.350 e. The van der Waals surface area contributed by atoms with Crippen molar-refractivity contribution in [1.29, 1.82) is 0 Å². The first-order chi connectivity index (χ1) is 18.9. The van der Waals surface area contributed by atoms with Crippen molar-refractivity contribution < 1.29 is 9.59 Å². The molecule has 2 aromatic rings. The molecule has 0 aliphatic carbocycles. The third kappa shape index (κ3) is 6.33. The number of piperidine rings is 1. The Bertz CT molecular complexity index is 1170. The fraction of sp³-hybridized carbons (Fsp3) is 0.516. The van der Waals surface area contributed by atoms with E-state index < -0.39 is 5.54 Å². The second-order valence-corrected chi connectivity index (χ2v) is 12.7.